The zero-order chi connectivity index (χ0) is 26.0. The number of rotatable bonds is 6. The summed E-state index contributed by atoms with van der Waals surface area (Å²) in [5.74, 6) is -0.433. The number of likely N-dealkylation sites (tertiary alicyclic amines) is 1. The van der Waals surface area contributed by atoms with Crippen LogP contribution in [0.2, 0.25) is 0 Å². The lowest BCUT2D eigenvalue weighted by molar-refractivity contribution is -0.143. The number of carbonyl (C=O) groups is 1. The number of amides is 1. The summed E-state index contributed by atoms with van der Waals surface area (Å²) in [7, 11) is 0. The highest BCUT2D eigenvalue weighted by Gasteiger charge is 2.39. The highest BCUT2D eigenvalue weighted by atomic mass is 19.4. The fraction of sp³-hybridized carbons (Fsp3) is 0.458. The molecule has 1 fully saturated rings. The fourth-order valence-electron chi connectivity index (χ4n) is 4.58. The second-order valence-electron chi connectivity index (χ2n) is 8.70. The molecular formula is C24H25F7N2O2. The zero-order valence-corrected chi connectivity index (χ0v) is 18.8. The van der Waals surface area contributed by atoms with Gasteiger partial charge in [0, 0.05) is 24.7 Å². The van der Waals surface area contributed by atoms with E-state index in [0.29, 0.717) is 43.4 Å². The van der Waals surface area contributed by atoms with Crippen LogP contribution >= 0.6 is 0 Å². The minimum Gasteiger partial charge on any atom is -0.465 e. The van der Waals surface area contributed by atoms with Gasteiger partial charge in [0.2, 0.25) is 0 Å². The van der Waals surface area contributed by atoms with E-state index in [-0.39, 0.29) is 24.2 Å². The molecular weight excluding hydrogens is 481 g/mol. The first-order chi connectivity index (χ1) is 16.3. The molecule has 1 heterocycles. The van der Waals surface area contributed by atoms with Gasteiger partial charge in [-0.15, -0.1) is 0 Å². The summed E-state index contributed by atoms with van der Waals surface area (Å²) >= 11 is 0. The molecule has 0 spiro atoms. The molecule has 0 bridgehead atoms. The monoisotopic (exact) mass is 506 g/mol. The summed E-state index contributed by atoms with van der Waals surface area (Å²) in [6.45, 7) is 1.56. The molecule has 3 atom stereocenters. The number of hydrogen-bond acceptors (Lipinski definition) is 2. The van der Waals surface area contributed by atoms with Crippen LogP contribution in [0.3, 0.4) is 0 Å². The predicted octanol–water partition coefficient (Wildman–Crippen LogP) is 6.49. The molecule has 0 aliphatic carbocycles. The Morgan fingerprint density at radius 2 is 1.49 bits per heavy atom. The number of hydrogen-bond donors (Lipinski definition) is 2. The van der Waals surface area contributed by atoms with Crippen molar-refractivity contribution in [3.8, 4) is 0 Å². The molecule has 3 rings (SSSR count). The van der Waals surface area contributed by atoms with Gasteiger partial charge in [-0.3, -0.25) is 0 Å². The first-order valence-electron chi connectivity index (χ1n) is 11.0. The van der Waals surface area contributed by atoms with Crippen LogP contribution in [-0.2, 0) is 25.3 Å². The molecule has 1 saturated heterocycles. The van der Waals surface area contributed by atoms with E-state index in [9.17, 15) is 40.6 Å². The van der Waals surface area contributed by atoms with Crippen LogP contribution in [-0.4, -0.2) is 34.2 Å². The maximum atomic E-state index is 13.3. The van der Waals surface area contributed by atoms with Crippen LogP contribution in [0, 0.1) is 5.82 Å². The van der Waals surface area contributed by atoms with Gasteiger partial charge < -0.3 is 15.3 Å². The second kappa shape index (κ2) is 10.4. The van der Waals surface area contributed by atoms with E-state index in [2.05, 4.69) is 5.32 Å². The number of nitrogens with zero attached hydrogens (tertiary/aromatic N) is 1. The topological polar surface area (TPSA) is 52.6 Å². The maximum Gasteiger partial charge on any atom is 0.416 e. The smallest absolute Gasteiger partial charge is 0.416 e. The third-order valence-corrected chi connectivity index (χ3v) is 6.22. The number of piperidine rings is 1. The number of nitrogens with one attached hydrogen (secondary N) is 1. The van der Waals surface area contributed by atoms with Gasteiger partial charge in [-0.25, -0.2) is 9.18 Å². The van der Waals surface area contributed by atoms with Crippen molar-refractivity contribution in [1.29, 1.82) is 0 Å². The van der Waals surface area contributed by atoms with Crippen LogP contribution < -0.4 is 5.32 Å². The van der Waals surface area contributed by atoms with E-state index in [4.69, 9.17) is 0 Å². The Hall–Kier alpha value is -2.82. The van der Waals surface area contributed by atoms with Crippen molar-refractivity contribution < 1.29 is 40.6 Å². The fourth-order valence-corrected chi connectivity index (χ4v) is 4.58. The van der Waals surface area contributed by atoms with Crippen molar-refractivity contribution >= 4 is 6.09 Å². The molecule has 35 heavy (non-hydrogen) atoms. The van der Waals surface area contributed by atoms with Crippen LogP contribution in [0.25, 0.3) is 0 Å². The Bertz CT molecular complexity index is 990. The Balaban J connectivity index is 1.81. The van der Waals surface area contributed by atoms with Gasteiger partial charge in [0.25, 0.3) is 0 Å². The summed E-state index contributed by atoms with van der Waals surface area (Å²) in [4.78, 5) is 13.3. The normalized spacial score (nSPS) is 21.3. The molecule has 0 saturated carbocycles. The van der Waals surface area contributed by atoms with Gasteiger partial charge in [-0.1, -0.05) is 19.1 Å². The average molecular weight is 506 g/mol. The lowest BCUT2D eigenvalue weighted by Gasteiger charge is -2.44. The van der Waals surface area contributed by atoms with Gasteiger partial charge >= 0.3 is 18.4 Å². The Kier molecular flexibility index (Phi) is 7.98. The summed E-state index contributed by atoms with van der Waals surface area (Å²) < 4.78 is 92.2. The SMILES string of the molecule is CCC1CC(NCc2cc(C(F)(F)F)cc(C(F)(F)F)c2)CC(Cc2ccc(F)cc2)N1C(=O)O. The van der Waals surface area contributed by atoms with Crippen LogP contribution in [0.4, 0.5) is 35.5 Å². The molecule has 2 aromatic carbocycles. The lowest BCUT2D eigenvalue weighted by atomic mass is 9.87. The third kappa shape index (κ3) is 6.87. The summed E-state index contributed by atoms with van der Waals surface area (Å²) in [5, 5.41) is 12.8. The van der Waals surface area contributed by atoms with Crippen LogP contribution in [0.1, 0.15) is 48.4 Å². The highest BCUT2D eigenvalue weighted by Crippen LogP contribution is 2.36. The predicted molar refractivity (Wildman–Crippen MR) is 114 cm³/mol. The molecule has 1 aliphatic rings. The standard InChI is InChI=1S/C24H25F7N2O2/c1-2-20-11-19(12-21(33(20)22(34)35)9-14-3-5-18(25)6-4-14)32-13-15-7-16(23(26,27)28)10-17(8-15)24(29,30)31/h3-8,10,19-21,32H,2,9,11-13H2,1H3,(H,34,35). The molecule has 1 amide bonds. The third-order valence-electron chi connectivity index (χ3n) is 6.22. The van der Waals surface area contributed by atoms with Gasteiger partial charge in [0.05, 0.1) is 11.1 Å². The number of halogens is 7. The molecule has 3 unspecified atom stereocenters. The summed E-state index contributed by atoms with van der Waals surface area (Å²) in [6, 6.07) is 5.85. The molecule has 0 radical (unpaired) electrons. The lowest BCUT2D eigenvalue weighted by Crippen LogP contribution is -2.56. The van der Waals surface area contributed by atoms with E-state index in [1.807, 2.05) is 0 Å². The molecule has 0 aromatic heterocycles. The molecule has 11 heteroatoms. The van der Waals surface area contributed by atoms with Crippen molar-refractivity contribution in [1.82, 2.24) is 10.2 Å². The Labute approximate surface area is 197 Å². The Morgan fingerprint density at radius 3 is 1.97 bits per heavy atom. The summed E-state index contributed by atoms with van der Waals surface area (Å²) in [5.41, 5.74) is -2.22. The quantitative estimate of drug-likeness (QED) is 0.441. The number of alkyl halides is 6. The maximum absolute atomic E-state index is 13.3. The summed E-state index contributed by atoms with van der Waals surface area (Å²) in [6.07, 6.45) is -9.56. The van der Waals surface area contributed by atoms with E-state index >= 15 is 0 Å². The minimum atomic E-state index is -4.93. The van der Waals surface area contributed by atoms with E-state index in [1.165, 1.54) is 17.0 Å². The van der Waals surface area contributed by atoms with Crippen molar-refractivity contribution in [2.75, 3.05) is 0 Å². The molecule has 192 valence electrons. The molecule has 4 nitrogen and oxygen atoms in total. The first kappa shape index (κ1) is 26.8. The van der Waals surface area contributed by atoms with E-state index in [1.54, 1.807) is 19.1 Å². The van der Waals surface area contributed by atoms with Crippen molar-refractivity contribution in [2.45, 2.75) is 69.6 Å². The van der Waals surface area contributed by atoms with Crippen molar-refractivity contribution in [2.24, 2.45) is 0 Å². The van der Waals surface area contributed by atoms with Gasteiger partial charge in [0.15, 0.2) is 0 Å². The van der Waals surface area contributed by atoms with Crippen LogP contribution in [0.5, 0.6) is 0 Å². The van der Waals surface area contributed by atoms with E-state index < -0.39 is 47.5 Å². The number of carboxylic acid groups (broad SMARTS) is 1. The van der Waals surface area contributed by atoms with Crippen molar-refractivity contribution in [3.05, 3.63) is 70.5 Å². The van der Waals surface area contributed by atoms with Gasteiger partial charge in [0.1, 0.15) is 5.82 Å². The van der Waals surface area contributed by atoms with Gasteiger partial charge in [-0.05, 0) is 67.1 Å². The second-order valence-corrected chi connectivity index (χ2v) is 8.70. The highest BCUT2D eigenvalue weighted by molar-refractivity contribution is 5.66. The Morgan fingerprint density at radius 1 is 0.943 bits per heavy atom. The van der Waals surface area contributed by atoms with Crippen LogP contribution in [0.15, 0.2) is 42.5 Å². The largest absolute Gasteiger partial charge is 0.465 e. The first-order valence-corrected chi connectivity index (χ1v) is 11.0. The van der Waals surface area contributed by atoms with Gasteiger partial charge in [-0.2, -0.15) is 26.3 Å². The van der Waals surface area contributed by atoms with E-state index in [0.717, 1.165) is 0 Å². The zero-order valence-electron chi connectivity index (χ0n) is 18.8. The molecule has 1 aliphatic heterocycles. The molecule has 2 aromatic rings. The minimum absolute atomic E-state index is 0.0840. The number of benzene rings is 2. The average Bonchev–Trinajstić information content (AvgIpc) is 2.77. The molecule has 2 N–H and O–H groups in total. The van der Waals surface area contributed by atoms with Crippen molar-refractivity contribution in [3.63, 3.8) is 0 Å².